The maximum absolute atomic E-state index is 12.7. The third kappa shape index (κ3) is 2.84. The largest absolute Gasteiger partial charge is 0.338 e. The summed E-state index contributed by atoms with van der Waals surface area (Å²) in [4.78, 5) is 14.7. The van der Waals surface area contributed by atoms with Crippen LogP contribution in [0.1, 0.15) is 30.9 Å². The van der Waals surface area contributed by atoms with Crippen LogP contribution < -0.4 is 5.32 Å². The maximum Gasteiger partial charge on any atom is 0.226 e. The zero-order valence-corrected chi connectivity index (χ0v) is 12.6. The lowest BCUT2D eigenvalue weighted by molar-refractivity contribution is -0.137. The van der Waals surface area contributed by atoms with Gasteiger partial charge < -0.3 is 10.2 Å². The first-order chi connectivity index (χ1) is 9.63. The van der Waals surface area contributed by atoms with Crippen LogP contribution in [-0.2, 0) is 17.8 Å². The van der Waals surface area contributed by atoms with Crippen molar-refractivity contribution in [2.45, 2.75) is 38.8 Å². The van der Waals surface area contributed by atoms with Gasteiger partial charge in [0.25, 0.3) is 0 Å². The third-order valence-corrected chi connectivity index (χ3v) is 4.70. The van der Waals surface area contributed by atoms with Gasteiger partial charge in [-0.1, -0.05) is 17.7 Å². The van der Waals surface area contributed by atoms with Crippen LogP contribution in [0.15, 0.2) is 18.2 Å². The number of rotatable bonds is 1. The van der Waals surface area contributed by atoms with Crippen molar-refractivity contribution in [3.05, 3.63) is 34.3 Å². The van der Waals surface area contributed by atoms with Crippen molar-refractivity contribution in [1.29, 1.82) is 0 Å². The van der Waals surface area contributed by atoms with Gasteiger partial charge in [-0.2, -0.15) is 0 Å². The molecule has 1 aromatic rings. The van der Waals surface area contributed by atoms with Gasteiger partial charge >= 0.3 is 0 Å². The number of amides is 1. The van der Waals surface area contributed by atoms with Crippen molar-refractivity contribution in [3.8, 4) is 0 Å². The summed E-state index contributed by atoms with van der Waals surface area (Å²) in [5.74, 6) is 0.510. The number of hydrogen-bond acceptors (Lipinski definition) is 2. The Labute approximate surface area is 125 Å². The van der Waals surface area contributed by atoms with E-state index < -0.39 is 0 Å². The molecule has 20 heavy (non-hydrogen) atoms. The number of nitrogens with zero attached hydrogens (tertiary/aromatic N) is 1. The molecule has 0 aliphatic carbocycles. The molecule has 0 unspecified atom stereocenters. The molecule has 0 radical (unpaired) electrons. The zero-order chi connectivity index (χ0) is 14.1. The van der Waals surface area contributed by atoms with Crippen LogP contribution in [0.5, 0.6) is 0 Å². The maximum atomic E-state index is 12.7. The van der Waals surface area contributed by atoms with E-state index in [1.54, 1.807) is 0 Å². The first kappa shape index (κ1) is 13.9. The van der Waals surface area contributed by atoms with Crippen molar-refractivity contribution in [2.75, 3.05) is 13.1 Å². The summed E-state index contributed by atoms with van der Waals surface area (Å²) in [6, 6.07) is 6.48. The fourth-order valence-electron chi connectivity index (χ4n) is 3.33. The topological polar surface area (TPSA) is 32.3 Å². The van der Waals surface area contributed by atoms with Gasteiger partial charge in [0, 0.05) is 30.1 Å². The van der Waals surface area contributed by atoms with Gasteiger partial charge in [-0.25, -0.2) is 0 Å². The Hall–Kier alpha value is -1.06. The van der Waals surface area contributed by atoms with E-state index in [9.17, 15) is 4.79 Å². The molecule has 0 aromatic heterocycles. The number of halogens is 1. The molecule has 108 valence electrons. The minimum Gasteiger partial charge on any atom is -0.338 e. The second-order valence-corrected chi connectivity index (χ2v) is 6.44. The monoisotopic (exact) mass is 292 g/mol. The second kappa shape index (κ2) is 5.74. The summed E-state index contributed by atoms with van der Waals surface area (Å²) in [5, 5.41) is 4.16. The quantitative estimate of drug-likeness (QED) is 0.863. The van der Waals surface area contributed by atoms with Gasteiger partial charge in [-0.3, -0.25) is 4.79 Å². The molecule has 1 fully saturated rings. The van der Waals surface area contributed by atoms with Crippen LogP contribution >= 0.6 is 11.6 Å². The van der Waals surface area contributed by atoms with Crippen LogP contribution in [0.4, 0.5) is 0 Å². The molecule has 1 aromatic carbocycles. The smallest absolute Gasteiger partial charge is 0.226 e. The number of carbonyl (C=O) groups is 1. The van der Waals surface area contributed by atoms with Crippen molar-refractivity contribution in [1.82, 2.24) is 10.2 Å². The Bertz CT molecular complexity index is 517. The zero-order valence-electron chi connectivity index (χ0n) is 11.9. The molecule has 3 rings (SSSR count). The fourth-order valence-corrected chi connectivity index (χ4v) is 3.52. The molecule has 1 saturated heterocycles. The Balaban J connectivity index is 1.71. The number of piperidine rings is 1. The molecule has 2 atom stereocenters. The summed E-state index contributed by atoms with van der Waals surface area (Å²) in [6.45, 7) is 4.66. The molecule has 1 N–H and O–H groups in total. The SMILES string of the molecule is C[C@H]1C[C@@H](C(=O)N2CCc3ccc(Cl)cc3C2)CCN1. The first-order valence-electron chi connectivity index (χ1n) is 7.43. The summed E-state index contributed by atoms with van der Waals surface area (Å²) < 4.78 is 0. The highest BCUT2D eigenvalue weighted by atomic mass is 35.5. The average molecular weight is 293 g/mol. The summed E-state index contributed by atoms with van der Waals surface area (Å²) in [6.07, 6.45) is 2.86. The first-order valence-corrected chi connectivity index (χ1v) is 7.81. The Morgan fingerprint density at radius 2 is 2.25 bits per heavy atom. The predicted octanol–water partition coefficient (Wildman–Crippen LogP) is 2.61. The molecule has 4 heteroatoms. The van der Waals surface area contributed by atoms with Crippen molar-refractivity contribution < 1.29 is 4.79 Å². The Kier molecular flexibility index (Phi) is 3.99. The molecular weight excluding hydrogens is 272 g/mol. The average Bonchev–Trinajstić information content (AvgIpc) is 2.45. The molecule has 1 amide bonds. The Morgan fingerprint density at radius 1 is 1.40 bits per heavy atom. The van der Waals surface area contributed by atoms with E-state index in [2.05, 4.69) is 18.3 Å². The van der Waals surface area contributed by atoms with E-state index in [-0.39, 0.29) is 5.92 Å². The lowest BCUT2D eigenvalue weighted by Gasteiger charge is -2.35. The molecule has 2 aliphatic rings. The highest BCUT2D eigenvalue weighted by Crippen LogP contribution is 2.26. The fraction of sp³-hybridized carbons (Fsp3) is 0.562. The van der Waals surface area contributed by atoms with Crippen molar-refractivity contribution >= 4 is 17.5 Å². The van der Waals surface area contributed by atoms with E-state index in [0.717, 1.165) is 37.4 Å². The normalized spacial score (nSPS) is 26.2. The van der Waals surface area contributed by atoms with Gasteiger partial charge in [0.1, 0.15) is 0 Å². The van der Waals surface area contributed by atoms with E-state index in [1.807, 2.05) is 17.0 Å². The van der Waals surface area contributed by atoms with E-state index in [4.69, 9.17) is 11.6 Å². The predicted molar refractivity (Wildman–Crippen MR) is 80.8 cm³/mol. The third-order valence-electron chi connectivity index (χ3n) is 4.47. The molecule has 2 aliphatic heterocycles. The lowest BCUT2D eigenvalue weighted by Crippen LogP contribution is -2.45. The number of hydrogen-bond donors (Lipinski definition) is 1. The lowest BCUT2D eigenvalue weighted by atomic mass is 9.90. The molecule has 2 heterocycles. The van der Waals surface area contributed by atoms with Gasteiger partial charge in [0.15, 0.2) is 0 Å². The summed E-state index contributed by atoms with van der Waals surface area (Å²) in [5.41, 5.74) is 2.54. The van der Waals surface area contributed by atoms with Crippen molar-refractivity contribution in [2.24, 2.45) is 5.92 Å². The highest BCUT2D eigenvalue weighted by Gasteiger charge is 2.30. The molecule has 0 bridgehead atoms. The van der Waals surface area contributed by atoms with Gasteiger partial charge in [0.05, 0.1) is 0 Å². The van der Waals surface area contributed by atoms with E-state index in [1.165, 1.54) is 11.1 Å². The van der Waals surface area contributed by atoms with Crippen LogP contribution in [0.2, 0.25) is 5.02 Å². The van der Waals surface area contributed by atoms with Crippen LogP contribution in [-0.4, -0.2) is 29.9 Å². The summed E-state index contributed by atoms with van der Waals surface area (Å²) >= 11 is 6.06. The molecular formula is C16H21ClN2O. The number of carbonyl (C=O) groups excluding carboxylic acids is 1. The van der Waals surface area contributed by atoms with Crippen LogP contribution in [0.3, 0.4) is 0 Å². The standard InChI is InChI=1S/C16H21ClN2O/c1-11-8-13(4-6-18-11)16(20)19-7-5-12-2-3-15(17)9-14(12)10-19/h2-3,9,11,13,18H,4-8,10H2,1H3/t11-,13-/m0/s1. The molecule has 0 spiro atoms. The van der Waals surface area contributed by atoms with E-state index >= 15 is 0 Å². The number of benzene rings is 1. The van der Waals surface area contributed by atoms with Gasteiger partial charge in [0.2, 0.25) is 5.91 Å². The van der Waals surface area contributed by atoms with Gasteiger partial charge in [-0.05, 0) is 56.0 Å². The number of nitrogens with one attached hydrogen (secondary N) is 1. The minimum absolute atomic E-state index is 0.187. The van der Waals surface area contributed by atoms with Crippen molar-refractivity contribution in [3.63, 3.8) is 0 Å². The summed E-state index contributed by atoms with van der Waals surface area (Å²) in [7, 11) is 0. The minimum atomic E-state index is 0.187. The molecule has 3 nitrogen and oxygen atoms in total. The van der Waals surface area contributed by atoms with Crippen LogP contribution in [0.25, 0.3) is 0 Å². The Morgan fingerprint density at radius 3 is 3.05 bits per heavy atom. The molecule has 0 saturated carbocycles. The number of fused-ring (bicyclic) bond motifs is 1. The van der Waals surface area contributed by atoms with Gasteiger partial charge in [-0.15, -0.1) is 0 Å². The second-order valence-electron chi connectivity index (χ2n) is 6.00. The van der Waals surface area contributed by atoms with Crippen LogP contribution in [0, 0.1) is 5.92 Å². The van der Waals surface area contributed by atoms with E-state index in [0.29, 0.717) is 18.5 Å². The highest BCUT2D eigenvalue weighted by molar-refractivity contribution is 6.30.